The summed E-state index contributed by atoms with van der Waals surface area (Å²) in [5, 5.41) is 2.93. The van der Waals surface area contributed by atoms with Gasteiger partial charge < -0.3 is 10.1 Å². The molecule has 2 aromatic rings. The molecule has 0 aliphatic carbocycles. The highest BCUT2D eigenvalue weighted by Gasteiger charge is 2.27. The van der Waals surface area contributed by atoms with Crippen molar-refractivity contribution in [2.75, 3.05) is 6.61 Å². The molecule has 2 rings (SSSR count). The van der Waals surface area contributed by atoms with Crippen LogP contribution in [0.3, 0.4) is 0 Å². The minimum absolute atomic E-state index is 0.137. The molecule has 0 fully saturated rings. The van der Waals surface area contributed by atoms with Gasteiger partial charge in [-0.05, 0) is 62.9 Å². The van der Waals surface area contributed by atoms with Crippen molar-refractivity contribution in [3.8, 4) is 5.75 Å². The summed E-state index contributed by atoms with van der Waals surface area (Å²) in [7, 11) is -3.81. The number of amides is 1. The SMILES string of the molecule is CCOc1cccc(C(C)NC(=O)C(CC(C)C)NS(=O)(=O)c2ccc(C)cc2)c1. The second kappa shape index (κ2) is 10.6. The zero-order valence-corrected chi connectivity index (χ0v) is 19.1. The molecule has 0 aliphatic heterocycles. The Kier molecular flexibility index (Phi) is 8.43. The van der Waals surface area contributed by atoms with Crippen LogP contribution in [0.25, 0.3) is 0 Å². The van der Waals surface area contributed by atoms with Gasteiger partial charge in [-0.2, -0.15) is 4.72 Å². The Balaban J connectivity index is 2.16. The maximum absolute atomic E-state index is 13.0. The Morgan fingerprint density at radius 3 is 2.33 bits per heavy atom. The molecule has 2 atom stereocenters. The molecule has 0 heterocycles. The highest BCUT2D eigenvalue weighted by molar-refractivity contribution is 7.89. The van der Waals surface area contributed by atoms with E-state index < -0.39 is 16.1 Å². The minimum atomic E-state index is -3.81. The van der Waals surface area contributed by atoms with Gasteiger partial charge in [-0.25, -0.2) is 8.42 Å². The van der Waals surface area contributed by atoms with Crippen molar-refractivity contribution in [3.63, 3.8) is 0 Å². The molecule has 2 N–H and O–H groups in total. The van der Waals surface area contributed by atoms with E-state index in [0.29, 0.717) is 13.0 Å². The van der Waals surface area contributed by atoms with E-state index in [-0.39, 0.29) is 22.8 Å². The predicted molar refractivity (Wildman–Crippen MR) is 119 cm³/mol. The van der Waals surface area contributed by atoms with Crippen LogP contribution >= 0.6 is 0 Å². The zero-order chi connectivity index (χ0) is 22.3. The molecule has 0 aliphatic rings. The summed E-state index contributed by atoms with van der Waals surface area (Å²) in [6, 6.07) is 12.9. The first kappa shape index (κ1) is 23.9. The summed E-state index contributed by atoms with van der Waals surface area (Å²) < 4.78 is 33.7. The van der Waals surface area contributed by atoms with Gasteiger partial charge >= 0.3 is 0 Å². The average molecular weight is 433 g/mol. The highest BCUT2D eigenvalue weighted by Crippen LogP contribution is 2.20. The Bertz CT molecular complexity index is 940. The van der Waals surface area contributed by atoms with Crippen LogP contribution in [0.1, 0.15) is 51.3 Å². The van der Waals surface area contributed by atoms with Crippen LogP contribution in [-0.2, 0) is 14.8 Å². The van der Waals surface area contributed by atoms with Gasteiger partial charge in [-0.15, -0.1) is 0 Å². The number of nitrogens with one attached hydrogen (secondary N) is 2. The van der Waals surface area contributed by atoms with E-state index in [1.165, 1.54) is 0 Å². The smallest absolute Gasteiger partial charge is 0.241 e. The number of carbonyl (C=O) groups is 1. The van der Waals surface area contributed by atoms with E-state index in [2.05, 4.69) is 10.0 Å². The summed E-state index contributed by atoms with van der Waals surface area (Å²) in [6.07, 6.45) is 0.391. The Morgan fingerprint density at radius 2 is 1.73 bits per heavy atom. The van der Waals surface area contributed by atoms with Crippen molar-refractivity contribution in [2.24, 2.45) is 5.92 Å². The van der Waals surface area contributed by atoms with E-state index >= 15 is 0 Å². The average Bonchev–Trinajstić information content (AvgIpc) is 2.67. The minimum Gasteiger partial charge on any atom is -0.494 e. The number of carbonyl (C=O) groups excluding carboxylic acids is 1. The summed E-state index contributed by atoms with van der Waals surface area (Å²) in [5.41, 5.74) is 1.85. The number of ether oxygens (including phenoxy) is 1. The largest absolute Gasteiger partial charge is 0.494 e. The monoisotopic (exact) mass is 432 g/mol. The molecule has 1 amide bonds. The Labute approximate surface area is 180 Å². The van der Waals surface area contributed by atoms with E-state index in [9.17, 15) is 13.2 Å². The lowest BCUT2D eigenvalue weighted by Gasteiger charge is -2.23. The lowest BCUT2D eigenvalue weighted by molar-refractivity contribution is -0.123. The maximum Gasteiger partial charge on any atom is 0.241 e. The van der Waals surface area contributed by atoms with Gasteiger partial charge in [0.2, 0.25) is 15.9 Å². The standard InChI is InChI=1S/C23H32N2O4S/c1-6-29-20-9-7-8-19(15-20)18(5)24-23(26)22(14-16(2)3)25-30(27,28)21-12-10-17(4)11-13-21/h7-13,15-16,18,22,25H,6,14H2,1-5H3,(H,24,26). The van der Waals surface area contributed by atoms with Gasteiger partial charge in [0, 0.05) is 0 Å². The second-order valence-corrected chi connectivity index (χ2v) is 9.57. The fourth-order valence-corrected chi connectivity index (χ4v) is 4.30. The molecular weight excluding hydrogens is 400 g/mol. The number of benzene rings is 2. The summed E-state index contributed by atoms with van der Waals surface area (Å²) >= 11 is 0. The molecule has 0 bridgehead atoms. The number of aryl methyl sites for hydroxylation is 1. The lowest BCUT2D eigenvalue weighted by Crippen LogP contribution is -2.47. The molecule has 2 aromatic carbocycles. The van der Waals surface area contributed by atoms with E-state index in [1.807, 2.05) is 58.9 Å². The van der Waals surface area contributed by atoms with Crippen molar-refractivity contribution >= 4 is 15.9 Å². The van der Waals surface area contributed by atoms with Gasteiger partial charge in [0.05, 0.1) is 17.5 Å². The van der Waals surface area contributed by atoms with Gasteiger partial charge in [-0.1, -0.05) is 43.7 Å². The molecule has 0 saturated heterocycles. The molecule has 30 heavy (non-hydrogen) atoms. The first-order chi connectivity index (χ1) is 14.1. The second-order valence-electron chi connectivity index (χ2n) is 7.85. The third kappa shape index (κ3) is 6.85. The molecule has 0 aromatic heterocycles. The molecule has 0 saturated carbocycles. The zero-order valence-electron chi connectivity index (χ0n) is 18.3. The third-order valence-corrected chi connectivity index (χ3v) is 6.17. The topological polar surface area (TPSA) is 84.5 Å². The molecule has 0 radical (unpaired) electrons. The van der Waals surface area contributed by atoms with Crippen LogP contribution in [0.4, 0.5) is 0 Å². The highest BCUT2D eigenvalue weighted by atomic mass is 32.2. The maximum atomic E-state index is 13.0. The summed E-state index contributed by atoms with van der Waals surface area (Å²) in [6.45, 7) is 10.1. The Morgan fingerprint density at radius 1 is 1.07 bits per heavy atom. The van der Waals surface area contributed by atoms with Crippen molar-refractivity contribution < 1.29 is 17.9 Å². The predicted octanol–water partition coefficient (Wildman–Crippen LogP) is 3.96. The molecular formula is C23H32N2O4S. The van der Waals surface area contributed by atoms with Crippen LogP contribution in [0.15, 0.2) is 53.4 Å². The molecule has 0 spiro atoms. The Hall–Kier alpha value is -2.38. The van der Waals surface area contributed by atoms with Gasteiger partial charge in [0.25, 0.3) is 0 Å². The van der Waals surface area contributed by atoms with E-state index in [0.717, 1.165) is 16.9 Å². The van der Waals surface area contributed by atoms with Gasteiger partial charge in [-0.3, -0.25) is 4.79 Å². The number of sulfonamides is 1. The fourth-order valence-electron chi connectivity index (χ4n) is 3.09. The van der Waals surface area contributed by atoms with Crippen LogP contribution in [0.2, 0.25) is 0 Å². The molecule has 7 heteroatoms. The van der Waals surface area contributed by atoms with Crippen LogP contribution in [-0.4, -0.2) is 27.0 Å². The van der Waals surface area contributed by atoms with Crippen LogP contribution in [0.5, 0.6) is 5.75 Å². The molecule has 164 valence electrons. The van der Waals surface area contributed by atoms with Gasteiger partial charge in [0.15, 0.2) is 0 Å². The normalized spacial score (nSPS) is 13.7. The van der Waals surface area contributed by atoms with Crippen LogP contribution < -0.4 is 14.8 Å². The van der Waals surface area contributed by atoms with E-state index in [4.69, 9.17) is 4.74 Å². The number of rotatable bonds is 10. The van der Waals surface area contributed by atoms with E-state index in [1.54, 1.807) is 24.3 Å². The molecule has 2 unspecified atom stereocenters. The number of hydrogen-bond acceptors (Lipinski definition) is 4. The fraction of sp³-hybridized carbons (Fsp3) is 0.435. The van der Waals surface area contributed by atoms with Crippen molar-refractivity contribution in [2.45, 2.75) is 58.0 Å². The van der Waals surface area contributed by atoms with Crippen molar-refractivity contribution in [3.05, 3.63) is 59.7 Å². The summed E-state index contributed by atoms with van der Waals surface area (Å²) in [4.78, 5) is 13.1. The van der Waals surface area contributed by atoms with Crippen LogP contribution in [0, 0.1) is 12.8 Å². The quantitative estimate of drug-likeness (QED) is 0.595. The van der Waals surface area contributed by atoms with Gasteiger partial charge in [0.1, 0.15) is 11.8 Å². The van der Waals surface area contributed by atoms with Crippen molar-refractivity contribution in [1.82, 2.24) is 10.0 Å². The summed E-state index contributed by atoms with van der Waals surface area (Å²) in [5.74, 6) is 0.515. The van der Waals surface area contributed by atoms with Crippen molar-refractivity contribution in [1.29, 1.82) is 0 Å². The third-order valence-electron chi connectivity index (χ3n) is 4.68. The first-order valence-electron chi connectivity index (χ1n) is 10.2. The lowest BCUT2D eigenvalue weighted by atomic mass is 10.0. The first-order valence-corrected chi connectivity index (χ1v) is 11.7. The molecule has 6 nitrogen and oxygen atoms in total. The number of hydrogen-bond donors (Lipinski definition) is 2.